The van der Waals surface area contributed by atoms with Crippen molar-refractivity contribution in [3.05, 3.63) is 101 Å². The number of ether oxygens (including phenoxy) is 1. The van der Waals surface area contributed by atoms with Gasteiger partial charge >= 0.3 is 7.60 Å². The maximum atomic E-state index is 14.6. The first-order valence-corrected chi connectivity index (χ1v) is 16.7. The van der Waals surface area contributed by atoms with Crippen molar-refractivity contribution in [2.45, 2.75) is 28.9 Å². The highest BCUT2D eigenvalue weighted by Crippen LogP contribution is 2.66. The molecule has 0 aromatic heterocycles. The van der Waals surface area contributed by atoms with E-state index in [0.29, 0.717) is 5.75 Å². The zero-order valence-electron chi connectivity index (χ0n) is 21.9. The van der Waals surface area contributed by atoms with E-state index in [-0.39, 0.29) is 34.1 Å². The van der Waals surface area contributed by atoms with E-state index in [4.69, 9.17) is 13.8 Å². The van der Waals surface area contributed by atoms with Gasteiger partial charge in [0.15, 0.2) is 5.28 Å². The fraction of sp³-hybridized carbons (Fsp3) is 0.222. The average Bonchev–Trinajstić information content (AvgIpc) is 2.95. The van der Waals surface area contributed by atoms with E-state index < -0.39 is 43.4 Å². The van der Waals surface area contributed by atoms with Crippen LogP contribution in [0, 0.1) is 0 Å². The van der Waals surface area contributed by atoms with Crippen molar-refractivity contribution >= 4 is 33.2 Å². The molecule has 0 bridgehead atoms. The number of fused-ring (bicyclic) bond motifs is 1. The molecule has 13 heteroatoms. The molecule has 0 heterocycles. The molecular weight excluding hydrogens is 577 g/mol. The summed E-state index contributed by atoms with van der Waals surface area (Å²) in [6, 6.07) is 18.3. The molecule has 0 fully saturated rings. The van der Waals surface area contributed by atoms with E-state index in [2.05, 4.69) is 4.72 Å². The second-order valence-electron chi connectivity index (χ2n) is 8.58. The molecule has 1 aliphatic rings. The van der Waals surface area contributed by atoms with Gasteiger partial charge in [0.2, 0.25) is 25.6 Å². The van der Waals surface area contributed by atoms with Crippen LogP contribution >= 0.6 is 7.60 Å². The van der Waals surface area contributed by atoms with E-state index in [9.17, 15) is 26.2 Å². The maximum absolute atomic E-state index is 14.6. The van der Waals surface area contributed by atoms with Crippen LogP contribution in [0.5, 0.6) is 5.75 Å². The number of ketones is 1. The van der Waals surface area contributed by atoms with Gasteiger partial charge in [-0.05, 0) is 56.3 Å². The number of benzene rings is 3. The normalized spacial score (nSPS) is 17.7. The van der Waals surface area contributed by atoms with E-state index in [1.165, 1.54) is 93.8 Å². The molecule has 0 saturated heterocycles. The molecule has 1 N–H and O–H groups in total. The average molecular weight is 606 g/mol. The van der Waals surface area contributed by atoms with E-state index >= 15 is 0 Å². The summed E-state index contributed by atoms with van der Waals surface area (Å²) in [4.78, 5) is 12.5. The molecule has 0 radical (unpaired) electrons. The number of hydrogen-bond donors (Lipinski definition) is 1. The Morgan fingerprint density at radius 1 is 0.800 bits per heavy atom. The fourth-order valence-corrected chi connectivity index (χ4v) is 9.85. The van der Waals surface area contributed by atoms with Gasteiger partial charge in [-0.2, -0.15) is 4.72 Å². The highest BCUT2D eigenvalue weighted by molar-refractivity contribution is 7.96. The number of hydrogen-bond acceptors (Lipinski definition) is 9. The Kier molecular flexibility index (Phi) is 8.51. The lowest BCUT2D eigenvalue weighted by molar-refractivity contribution is 0.103. The van der Waals surface area contributed by atoms with Crippen molar-refractivity contribution in [1.82, 2.24) is 4.72 Å². The van der Waals surface area contributed by atoms with E-state index in [1.54, 1.807) is 6.07 Å². The monoisotopic (exact) mass is 605 g/mol. The Bertz CT molecular complexity index is 1690. The van der Waals surface area contributed by atoms with Crippen LogP contribution in [0.4, 0.5) is 0 Å². The Balaban J connectivity index is 2.08. The fourth-order valence-electron chi connectivity index (χ4n) is 4.37. The summed E-state index contributed by atoms with van der Waals surface area (Å²) in [6.07, 6.45) is 0.854. The minimum atomic E-state index is -4.62. The van der Waals surface area contributed by atoms with Gasteiger partial charge in [0.25, 0.3) is 0 Å². The summed E-state index contributed by atoms with van der Waals surface area (Å²) in [5.41, 5.74) is -0.245. The van der Waals surface area contributed by atoms with Crippen molar-refractivity contribution in [3.8, 4) is 5.75 Å². The Labute approximate surface area is 233 Å². The molecule has 212 valence electrons. The van der Waals surface area contributed by atoms with Gasteiger partial charge in [-0.25, -0.2) is 16.8 Å². The SMILES string of the molecule is CCOP(=O)(OCC)C1(NS(=O)(=O)c2ccc(OC)cc2)C=C(S(=O)(=O)c2ccccc2)C(=O)c2ccccc21. The first kappa shape index (κ1) is 29.9. The molecule has 3 aromatic carbocycles. The van der Waals surface area contributed by atoms with Crippen LogP contribution in [0.15, 0.2) is 99.6 Å². The summed E-state index contributed by atoms with van der Waals surface area (Å²) in [6.45, 7) is 2.72. The van der Waals surface area contributed by atoms with Crippen molar-refractivity contribution in [2.75, 3.05) is 20.3 Å². The molecule has 0 saturated carbocycles. The third kappa shape index (κ3) is 5.18. The topological polar surface area (TPSA) is 142 Å². The van der Waals surface area contributed by atoms with Gasteiger partial charge < -0.3 is 13.8 Å². The third-order valence-electron chi connectivity index (χ3n) is 6.18. The Morgan fingerprint density at radius 3 is 1.95 bits per heavy atom. The zero-order chi connectivity index (χ0) is 29.2. The largest absolute Gasteiger partial charge is 0.497 e. The number of sulfone groups is 1. The highest BCUT2D eigenvalue weighted by Gasteiger charge is 2.58. The summed E-state index contributed by atoms with van der Waals surface area (Å²) in [7, 11) is -12.3. The molecule has 0 amide bonds. The number of carbonyl (C=O) groups is 1. The molecular formula is C27H28NO9PS2. The smallest absolute Gasteiger partial charge is 0.360 e. The molecule has 40 heavy (non-hydrogen) atoms. The minimum absolute atomic E-state index is 0.0747. The second-order valence-corrected chi connectivity index (χ2v) is 14.4. The number of allylic oxidation sites excluding steroid dienone is 1. The molecule has 0 aliphatic heterocycles. The van der Waals surface area contributed by atoms with Gasteiger partial charge in [-0.3, -0.25) is 9.36 Å². The zero-order valence-corrected chi connectivity index (χ0v) is 24.5. The summed E-state index contributed by atoms with van der Waals surface area (Å²) in [5, 5.41) is -2.43. The van der Waals surface area contributed by atoms with Gasteiger partial charge in [0.1, 0.15) is 10.7 Å². The van der Waals surface area contributed by atoms with Crippen molar-refractivity contribution in [1.29, 1.82) is 0 Å². The van der Waals surface area contributed by atoms with Crippen LogP contribution in [-0.2, 0) is 38.8 Å². The number of rotatable bonds is 11. The number of sulfonamides is 1. The van der Waals surface area contributed by atoms with Gasteiger partial charge in [-0.15, -0.1) is 0 Å². The van der Waals surface area contributed by atoms with Gasteiger partial charge in [0, 0.05) is 11.1 Å². The number of Topliss-reactive ketones (excluding diaryl/α,β-unsaturated/α-hetero) is 1. The molecule has 1 unspecified atom stereocenters. The van der Waals surface area contributed by atoms with E-state index in [0.717, 1.165) is 6.08 Å². The number of carbonyl (C=O) groups excluding carboxylic acids is 1. The van der Waals surface area contributed by atoms with Gasteiger partial charge in [-0.1, -0.05) is 42.5 Å². The second kappa shape index (κ2) is 11.4. The van der Waals surface area contributed by atoms with Crippen LogP contribution in [-0.4, -0.2) is 42.9 Å². The molecule has 1 atom stereocenters. The maximum Gasteiger partial charge on any atom is 0.360 e. The lowest BCUT2D eigenvalue weighted by atomic mass is 9.92. The molecule has 4 rings (SSSR count). The molecule has 1 aliphatic carbocycles. The number of methoxy groups -OCH3 is 1. The van der Waals surface area contributed by atoms with Crippen LogP contribution < -0.4 is 9.46 Å². The Hall–Kier alpha value is -3.12. The number of nitrogens with one attached hydrogen (secondary N) is 1. The first-order valence-electron chi connectivity index (χ1n) is 12.2. The van der Waals surface area contributed by atoms with Crippen molar-refractivity contribution in [3.63, 3.8) is 0 Å². The van der Waals surface area contributed by atoms with Crippen molar-refractivity contribution in [2.24, 2.45) is 0 Å². The lowest BCUT2D eigenvalue weighted by Gasteiger charge is -2.40. The van der Waals surface area contributed by atoms with E-state index in [1.807, 2.05) is 0 Å². The van der Waals surface area contributed by atoms with Crippen LogP contribution in [0.1, 0.15) is 29.8 Å². The molecule has 0 spiro atoms. The predicted octanol–water partition coefficient (Wildman–Crippen LogP) is 4.65. The van der Waals surface area contributed by atoms with Gasteiger partial charge in [0.05, 0.1) is 30.1 Å². The molecule has 10 nitrogen and oxygen atoms in total. The van der Waals surface area contributed by atoms with Crippen molar-refractivity contribution < 1.29 is 40.0 Å². The molecule has 3 aromatic rings. The standard InChI is InChI=1S/C27H28NO9PS2/c1-4-36-38(30,37-5-2)27(28-40(33,34)22-17-15-20(35-3)16-18-22)19-25(26(29)23-13-9-10-14-24(23)27)39(31,32)21-11-7-6-8-12-21/h6-19,28H,4-5H2,1-3H3. The lowest BCUT2D eigenvalue weighted by Crippen LogP contribution is -2.48. The van der Waals surface area contributed by atoms with Crippen LogP contribution in [0.25, 0.3) is 0 Å². The summed E-state index contributed by atoms with van der Waals surface area (Å²) >= 11 is 0. The quantitative estimate of drug-likeness (QED) is 0.309. The minimum Gasteiger partial charge on any atom is -0.497 e. The van der Waals surface area contributed by atoms with Crippen LogP contribution in [0.3, 0.4) is 0 Å². The third-order valence-corrected chi connectivity index (χ3v) is 12.1. The van der Waals surface area contributed by atoms with Crippen LogP contribution in [0.2, 0.25) is 0 Å². The first-order chi connectivity index (χ1) is 19.0. The summed E-state index contributed by atoms with van der Waals surface area (Å²) in [5.74, 6) is -0.494. The predicted molar refractivity (Wildman–Crippen MR) is 148 cm³/mol. The highest BCUT2D eigenvalue weighted by atomic mass is 32.2. The Morgan fingerprint density at radius 2 is 1.38 bits per heavy atom. The summed E-state index contributed by atoms with van der Waals surface area (Å²) < 4.78 is 88.7.